The molecular weight excluding hydrogens is 614 g/mol. The van der Waals surface area contributed by atoms with E-state index in [9.17, 15) is 27.6 Å². The van der Waals surface area contributed by atoms with E-state index in [0.717, 1.165) is 38.3 Å². The SMILES string of the molecule is C[C@@H]1CN(c2ccc(-c3ccc(C(=O)CCCCCCCCN)cc3F)cc2NC(=O)c2c[nH]c(=O)cc2C(F)(F)F)C[C@H](C)N1C. The standard InChI is InChI=1S/C35H43F4N5O3/c1-22-20-44(21-23(2)43(22)3)31-14-12-24(17-30(31)42-34(47)27-19-41-33(46)18-28(27)35(37,38)39)26-13-11-25(16-29(26)36)32(45)10-8-6-4-5-7-9-15-40/h11-14,16-19,22-23H,4-10,15,20-21,40H2,1-3H3,(H,41,46)(H,42,47)/t22-,23+. The Morgan fingerprint density at radius 1 is 0.957 bits per heavy atom. The van der Waals surface area contributed by atoms with Crippen LogP contribution in [0.2, 0.25) is 0 Å². The van der Waals surface area contributed by atoms with E-state index in [1.807, 2.05) is 25.8 Å². The minimum absolute atomic E-state index is 0.136. The number of anilines is 2. The van der Waals surface area contributed by atoms with E-state index in [1.165, 1.54) is 18.2 Å². The van der Waals surface area contributed by atoms with E-state index >= 15 is 4.39 Å². The Hall–Kier alpha value is -4.03. The van der Waals surface area contributed by atoms with Gasteiger partial charge in [0.05, 0.1) is 22.5 Å². The fourth-order valence-corrected chi connectivity index (χ4v) is 5.97. The number of nitrogens with two attached hydrogens (primary N) is 1. The average Bonchev–Trinajstić information content (AvgIpc) is 3.02. The predicted octanol–water partition coefficient (Wildman–Crippen LogP) is 6.85. The van der Waals surface area contributed by atoms with E-state index in [1.54, 1.807) is 18.2 Å². The smallest absolute Gasteiger partial charge is 0.367 e. The Labute approximate surface area is 272 Å². The van der Waals surface area contributed by atoms with Gasteiger partial charge in [-0.1, -0.05) is 43.9 Å². The van der Waals surface area contributed by atoms with E-state index in [-0.39, 0.29) is 34.7 Å². The highest BCUT2D eigenvalue weighted by Gasteiger charge is 2.36. The number of halogens is 4. The van der Waals surface area contributed by atoms with Gasteiger partial charge in [0, 0.05) is 55.0 Å². The maximum Gasteiger partial charge on any atom is 0.417 e. The largest absolute Gasteiger partial charge is 0.417 e. The number of ketones is 1. The number of unbranched alkanes of at least 4 members (excludes halogenated alkanes) is 5. The number of likely N-dealkylation sites (N-methyl/N-ethyl adjacent to an activating group) is 1. The van der Waals surface area contributed by atoms with Gasteiger partial charge in [-0.3, -0.25) is 19.3 Å². The first-order valence-corrected chi connectivity index (χ1v) is 16.1. The number of rotatable bonds is 13. The number of carbonyl (C=O) groups is 2. The highest BCUT2D eigenvalue weighted by molar-refractivity contribution is 6.07. The average molecular weight is 658 g/mol. The summed E-state index contributed by atoms with van der Waals surface area (Å²) in [5.41, 5.74) is 3.94. The van der Waals surface area contributed by atoms with Crippen LogP contribution in [0.25, 0.3) is 11.1 Å². The van der Waals surface area contributed by atoms with Crippen molar-refractivity contribution in [3.63, 3.8) is 0 Å². The van der Waals surface area contributed by atoms with Gasteiger partial charge in [-0.05, 0) is 64.0 Å². The first kappa shape index (κ1) is 35.8. The minimum atomic E-state index is -4.94. The molecule has 254 valence electrons. The van der Waals surface area contributed by atoms with Crippen LogP contribution in [0.4, 0.5) is 28.9 Å². The quantitative estimate of drug-likeness (QED) is 0.105. The Morgan fingerprint density at radius 2 is 1.62 bits per heavy atom. The molecule has 1 amide bonds. The van der Waals surface area contributed by atoms with Gasteiger partial charge in [-0.25, -0.2) is 4.39 Å². The number of aromatic nitrogens is 1. The van der Waals surface area contributed by atoms with Crippen molar-refractivity contribution in [2.75, 3.05) is 36.9 Å². The van der Waals surface area contributed by atoms with Gasteiger partial charge in [-0.15, -0.1) is 0 Å². The van der Waals surface area contributed by atoms with Crippen LogP contribution in [0, 0.1) is 5.82 Å². The molecule has 0 unspecified atom stereocenters. The molecule has 0 spiro atoms. The highest BCUT2D eigenvalue weighted by atomic mass is 19.4. The zero-order valence-corrected chi connectivity index (χ0v) is 27.1. The lowest BCUT2D eigenvalue weighted by molar-refractivity contribution is -0.138. The Balaban J connectivity index is 1.62. The van der Waals surface area contributed by atoms with E-state index in [0.29, 0.717) is 49.8 Å². The van der Waals surface area contributed by atoms with Crippen LogP contribution in [0.5, 0.6) is 0 Å². The molecule has 2 aromatic carbocycles. The van der Waals surface area contributed by atoms with Crippen molar-refractivity contribution >= 4 is 23.1 Å². The number of aromatic amines is 1. The molecule has 47 heavy (non-hydrogen) atoms. The van der Waals surface area contributed by atoms with Gasteiger partial charge >= 0.3 is 6.18 Å². The third-order valence-electron chi connectivity index (χ3n) is 8.88. The van der Waals surface area contributed by atoms with Gasteiger partial charge in [0.15, 0.2) is 5.78 Å². The molecule has 1 saturated heterocycles. The summed E-state index contributed by atoms with van der Waals surface area (Å²) in [5, 5.41) is 2.60. The van der Waals surface area contributed by atoms with Crippen LogP contribution < -0.4 is 21.5 Å². The first-order valence-electron chi connectivity index (χ1n) is 16.1. The molecule has 2 heterocycles. The number of H-pyrrole nitrogens is 1. The maximum atomic E-state index is 15.5. The molecule has 3 aromatic rings. The van der Waals surface area contributed by atoms with Crippen molar-refractivity contribution in [1.82, 2.24) is 9.88 Å². The van der Waals surface area contributed by atoms with Crippen molar-refractivity contribution < 1.29 is 27.2 Å². The van der Waals surface area contributed by atoms with Crippen LogP contribution in [0.15, 0.2) is 53.5 Å². The molecule has 0 aliphatic carbocycles. The Morgan fingerprint density at radius 3 is 2.26 bits per heavy atom. The number of hydrogen-bond acceptors (Lipinski definition) is 6. The van der Waals surface area contributed by atoms with Crippen LogP contribution in [0.3, 0.4) is 0 Å². The Kier molecular flexibility index (Phi) is 12.0. The molecule has 1 fully saturated rings. The summed E-state index contributed by atoms with van der Waals surface area (Å²) in [6.07, 6.45) is 1.87. The molecule has 1 aliphatic rings. The lowest BCUT2D eigenvalue weighted by Crippen LogP contribution is -2.55. The van der Waals surface area contributed by atoms with Crippen LogP contribution in [0.1, 0.15) is 85.1 Å². The number of pyridine rings is 1. The molecular formula is C35H43F4N5O3. The minimum Gasteiger partial charge on any atom is -0.367 e. The second-order valence-corrected chi connectivity index (χ2v) is 12.4. The first-order chi connectivity index (χ1) is 22.3. The van der Waals surface area contributed by atoms with Crippen molar-refractivity contribution in [2.45, 2.75) is 77.1 Å². The summed E-state index contributed by atoms with van der Waals surface area (Å²) in [7, 11) is 2.01. The van der Waals surface area contributed by atoms with Crippen LogP contribution in [-0.2, 0) is 6.18 Å². The second kappa shape index (κ2) is 15.7. The van der Waals surface area contributed by atoms with Crippen molar-refractivity contribution in [2.24, 2.45) is 5.73 Å². The molecule has 4 rings (SSSR count). The summed E-state index contributed by atoms with van der Waals surface area (Å²) in [6.45, 7) is 5.93. The number of nitrogens with zero attached hydrogens (tertiary/aromatic N) is 2. The van der Waals surface area contributed by atoms with Gasteiger partial charge in [0.2, 0.25) is 5.56 Å². The molecule has 12 heteroatoms. The van der Waals surface area contributed by atoms with Gasteiger partial charge < -0.3 is 20.9 Å². The number of amides is 1. The number of Topliss-reactive ketones (excluding diaryl/α,β-unsaturated/α-hetero) is 1. The van der Waals surface area contributed by atoms with E-state index < -0.39 is 34.6 Å². The van der Waals surface area contributed by atoms with Crippen LogP contribution in [-0.4, -0.2) is 60.3 Å². The van der Waals surface area contributed by atoms with Crippen molar-refractivity contribution in [3.8, 4) is 11.1 Å². The Bertz CT molecular complexity index is 1610. The monoisotopic (exact) mass is 657 g/mol. The lowest BCUT2D eigenvalue weighted by atomic mass is 9.98. The lowest BCUT2D eigenvalue weighted by Gasteiger charge is -2.44. The number of benzene rings is 2. The fraction of sp³-hybridized carbons (Fsp3) is 0.457. The van der Waals surface area contributed by atoms with E-state index in [2.05, 4.69) is 15.2 Å². The summed E-state index contributed by atoms with van der Waals surface area (Å²) >= 11 is 0. The third kappa shape index (κ3) is 9.07. The van der Waals surface area contributed by atoms with E-state index in [4.69, 9.17) is 5.73 Å². The molecule has 4 N–H and O–H groups in total. The molecule has 0 radical (unpaired) electrons. The summed E-state index contributed by atoms with van der Waals surface area (Å²) in [5.74, 6) is -1.87. The molecule has 0 bridgehead atoms. The zero-order chi connectivity index (χ0) is 34.3. The summed E-state index contributed by atoms with van der Waals surface area (Å²) < 4.78 is 56.8. The molecule has 1 aliphatic heterocycles. The van der Waals surface area contributed by atoms with Gasteiger partial charge in [-0.2, -0.15) is 13.2 Å². The topological polar surface area (TPSA) is 112 Å². The number of nitrogens with one attached hydrogen (secondary N) is 2. The highest BCUT2D eigenvalue weighted by Crippen LogP contribution is 2.36. The third-order valence-corrected chi connectivity index (χ3v) is 8.88. The normalized spacial score (nSPS) is 17.1. The second-order valence-electron chi connectivity index (χ2n) is 12.4. The molecule has 8 nitrogen and oxygen atoms in total. The predicted molar refractivity (Wildman–Crippen MR) is 176 cm³/mol. The summed E-state index contributed by atoms with van der Waals surface area (Å²) in [4.78, 5) is 44.2. The number of alkyl halides is 3. The molecule has 1 aromatic heterocycles. The molecule has 2 atom stereocenters. The fourth-order valence-electron chi connectivity index (χ4n) is 5.97. The van der Waals surface area contributed by atoms with Gasteiger partial charge in [0.1, 0.15) is 5.82 Å². The zero-order valence-electron chi connectivity index (χ0n) is 27.1. The summed E-state index contributed by atoms with van der Waals surface area (Å²) in [6, 6.07) is 9.79. The van der Waals surface area contributed by atoms with Crippen molar-refractivity contribution in [1.29, 1.82) is 0 Å². The maximum absolute atomic E-state index is 15.5. The number of carbonyl (C=O) groups excluding carboxylic acids is 2. The van der Waals surface area contributed by atoms with Gasteiger partial charge in [0.25, 0.3) is 5.91 Å². The van der Waals surface area contributed by atoms with Crippen LogP contribution >= 0.6 is 0 Å². The van der Waals surface area contributed by atoms with Crippen molar-refractivity contribution in [3.05, 3.63) is 81.5 Å². The number of piperazine rings is 1. The number of hydrogen-bond donors (Lipinski definition) is 3. The molecule has 0 saturated carbocycles.